The summed E-state index contributed by atoms with van der Waals surface area (Å²) < 4.78 is 10.8. The van der Waals surface area contributed by atoms with Gasteiger partial charge in [0, 0.05) is 17.7 Å². The highest BCUT2D eigenvalue weighted by Gasteiger charge is 2.35. The third-order valence-electron chi connectivity index (χ3n) is 4.16. The normalized spacial score (nSPS) is 15.1. The zero-order valence-corrected chi connectivity index (χ0v) is 16.6. The molecule has 0 radical (unpaired) electrons. The van der Waals surface area contributed by atoms with Crippen molar-refractivity contribution in [2.24, 2.45) is 0 Å². The fourth-order valence-electron chi connectivity index (χ4n) is 2.74. The topological polar surface area (TPSA) is 99.0 Å². The van der Waals surface area contributed by atoms with E-state index in [1.807, 2.05) is 25.1 Å². The number of hydrogen-bond acceptors (Lipinski definition) is 7. The first-order valence-corrected chi connectivity index (χ1v) is 9.48. The number of nitrogens with zero attached hydrogens (tertiary/aromatic N) is 2. The second-order valence-corrected chi connectivity index (χ2v) is 7.17. The molecule has 3 rings (SSSR count). The van der Waals surface area contributed by atoms with Crippen molar-refractivity contribution in [2.75, 3.05) is 20.3 Å². The highest BCUT2D eigenvalue weighted by Crippen LogP contribution is 2.35. The van der Waals surface area contributed by atoms with Gasteiger partial charge in [0.15, 0.2) is 0 Å². The molecular formula is C20H18N2O6S. The molecule has 0 bridgehead atoms. The minimum Gasteiger partial charge on any atom is -0.496 e. The highest BCUT2D eigenvalue weighted by atomic mass is 32.2. The second kappa shape index (κ2) is 8.78. The summed E-state index contributed by atoms with van der Waals surface area (Å²) in [4.78, 5) is 36.6. The molecule has 2 aromatic rings. The van der Waals surface area contributed by atoms with Crippen molar-refractivity contribution in [3.63, 3.8) is 0 Å². The van der Waals surface area contributed by atoms with E-state index < -0.39 is 16.1 Å². The summed E-state index contributed by atoms with van der Waals surface area (Å²) in [5.74, 6) is 0.556. The smallest absolute Gasteiger partial charge is 0.293 e. The Kier molecular flexibility index (Phi) is 6.18. The SMILES string of the molecule is COc1ccc([N+](=O)[O-])cc1/C=C1\SC(=O)N(CCOc2cccc(C)c2)C1=O. The van der Waals surface area contributed by atoms with Crippen molar-refractivity contribution in [3.05, 3.63) is 68.6 Å². The predicted octanol–water partition coefficient (Wildman–Crippen LogP) is 4.03. The summed E-state index contributed by atoms with van der Waals surface area (Å²) in [6.45, 7) is 2.20. The fourth-order valence-corrected chi connectivity index (χ4v) is 3.60. The van der Waals surface area contributed by atoms with Crippen LogP contribution in [0.25, 0.3) is 6.08 Å². The van der Waals surface area contributed by atoms with E-state index in [-0.39, 0.29) is 23.7 Å². The maximum Gasteiger partial charge on any atom is 0.293 e. The molecule has 29 heavy (non-hydrogen) atoms. The van der Waals surface area contributed by atoms with E-state index in [1.165, 1.54) is 31.4 Å². The largest absolute Gasteiger partial charge is 0.496 e. The van der Waals surface area contributed by atoms with E-state index in [4.69, 9.17) is 9.47 Å². The monoisotopic (exact) mass is 414 g/mol. The zero-order chi connectivity index (χ0) is 21.0. The van der Waals surface area contributed by atoms with Gasteiger partial charge in [0.25, 0.3) is 16.8 Å². The Bertz CT molecular complexity index is 1000. The van der Waals surface area contributed by atoms with Crippen molar-refractivity contribution < 1.29 is 24.0 Å². The van der Waals surface area contributed by atoms with E-state index in [2.05, 4.69) is 0 Å². The molecule has 1 saturated heterocycles. The summed E-state index contributed by atoms with van der Waals surface area (Å²) in [5.41, 5.74) is 1.26. The van der Waals surface area contributed by atoms with Gasteiger partial charge < -0.3 is 9.47 Å². The van der Waals surface area contributed by atoms with Crippen LogP contribution in [0.3, 0.4) is 0 Å². The Morgan fingerprint density at radius 3 is 2.69 bits per heavy atom. The van der Waals surface area contributed by atoms with Crippen LogP contribution in [0.5, 0.6) is 11.5 Å². The van der Waals surface area contributed by atoms with Crippen LogP contribution in [0.2, 0.25) is 0 Å². The number of carbonyl (C=O) groups excluding carboxylic acids is 2. The standard InChI is InChI=1S/C20H18N2O6S/c1-13-4-3-5-16(10-13)28-9-8-21-19(23)18(29-20(21)24)12-14-11-15(22(25)26)6-7-17(14)27-2/h3-7,10-12H,8-9H2,1-2H3/b18-12-. The summed E-state index contributed by atoms with van der Waals surface area (Å²) in [6, 6.07) is 11.5. The molecule has 1 aliphatic heterocycles. The maximum absolute atomic E-state index is 12.6. The average molecular weight is 414 g/mol. The van der Waals surface area contributed by atoms with Gasteiger partial charge in [-0.1, -0.05) is 12.1 Å². The van der Waals surface area contributed by atoms with Gasteiger partial charge >= 0.3 is 0 Å². The molecule has 1 fully saturated rings. The molecule has 0 atom stereocenters. The first-order valence-electron chi connectivity index (χ1n) is 8.66. The summed E-state index contributed by atoms with van der Waals surface area (Å²) in [7, 11) is 1.42. The number of carbonyl (C=O) groups is 2. The zero-order valence-electron chi connectivity index (χ0n) is 15.8. The van der Waals surface area contributed by atoms with Gasteiger partial charge in [0.05, 0.1) is 23.5 Å². The van der Waals surface area contributed by atoms with Gasteiger partial charge in [0.1, 0.15) is 18.1 Å². The molecule has 0 unspecified atom stereocenters. The van der Waals surface area contributed by atoms with E-state index in [1.54, 1.807) is 6.07 Å². The van der Waals surface area contributed by atoms with Crippen molar-refractivity contribution in [1.29, 1.82) is 0 Å². The predicted molar refractivity (Wildman–Crippen MR) is 109 cm³/mol. The second-order valence-electron chi connectivity index (χ2n) is 6.18. The van der Waals surface area contributed by atoms with Gasteiger partial charge in [-0.2, -0.15) is 0 Å². The number of imide groups is 1. The molecule has 0 saturated carbocycles. The minimum atomic E-state index is -0.537. The van der Waals surface area contributed by atoms with Crippen LogP contribution in [0.15, 0.2) is 47.4 Å². The maximum atomic E-state index is 12.6. The Hall–Kier alpha value is -3.33. The molecule has 2 aromatic carbocycles. The molecule has 1 aliphatic rings. The number of aryl methyl sites for hydroxylation is 1. The van der Waals surface area contributed by atoms with Gasteiger partial charge in [-0.15, -0.1) is 0 Å². The van der Waals surface area contributed by atoms with E-state index >= 15 is 0 Å². The number of methoxy groups -OCH3 is 1. The lowest BCUT2D eigenvalue weighted by molar-refractivity contribution is -0.384. The molecule has 9 heteroatoms. The number of thioether (sulfide) groups is 1. The average Bonchev–Trinajstić information content (AvgIpc) is 2.95. The van der Waals surface area contributed by atoms with E-state index in [0.717, 1.165) is 22.2 Å². The number of nitro benzene ring substituents is 1. The van der Waals surface area contributed by atoms with Gasteiger partial charge in [-0.3, -0.25) is 24.6 Å². The van der Waals surface area contributed by atoms with Crippen LogP contribution in [0.1, 0.15) is 11.1 Å². The van der Waals surface area contributed by atoms with Crippen molar-refractivity contribution in [3.8, 4) is 11.5 Å². The summed E-state index contributed by atoms with van der Waals surface area (Å²) >= 11 is 0.776. The van der Waals surface area contributed by atoms with Crippen molar-refractivity contribution in [2.45, 2.75) is 6.92 Å². The van der Waals surface area contributed by atoms with Crippen molar-refractivity contribution in [1.82, 2.24) is 4.90 Å². The van der Waals surface area contributed by atoms with Gasteiger partial charge in [-0.25, -0.2) is 0 Å². The van der Waals surface area contributed by atoms with Crippen LogP contribution >= 0.6 is 11.8 Å². The molecular weight excluding hydrogens is 396 g/mol. The van der Waals surface area contributed by atoms with Crippen LogP contribution in [0, 0.1) is 17.0 Å². The van der Waals surface area contributed by atoms with E-state index in [9.17, 15) is 19.7 Å². The van der Waals surface area contributed by atoms with Crippen LogP contribution in [-0.4, -0.2) is 41.2 Å². The lowest BCUT2D eigenvalue weighted by Crippen LogP contribution is -2.32. The third-order valence-corrected chi connectivity index (χ3v) is 5.06. The van der Waals surface area contributed by atoms with Crippen molar-refractivity contribution >= 4 is 34.7 Å². The van der Waals surface area contributed by atoms with Gasteiger partial charge in [0.2, 0.25) is 0 Å². The highest BCUT2D eigenvalue weighted by molar-refractivity contribution is 8.18. The number of rotatable bonds is 7. The summed E-state index contributed by atoms with van der Waals surface area (Å²) in [6.07, 6.45) is 1.43. The minimum absolute atomic E-state index is 0.0992. The molecule has 1 heterocycles. The van der Waals surface area contributed by atoms with Crippen LogP contribution < -0.4 is 9.47 Å². The number of benzene rings is 2. The number of hydrogen-bond donors (Lipinski definition) is 0. The van der Waals surface area contributed by atoms with Crippen LogP contribution in [-0.2, 0) is 4.79 Å². The quantitative estimate of drug-likeness (QED) is 0.383. The Morgan fingerprint density at radius 1 is 1.21 bits per heavy atom. The molecule has 0 aromatic heterocycles. The Labute approximate surface area is 171 Å². The van der Waals surface area contributed by atoms with E-state index in [0.29, 0.717) is 17.1 Å². The molecule has 2 amide bonds. The fraction of sp³-hybridized carbons (Fsp3) is 0.200. The molecule has 0 N–H and O–H groups in total. The summed E-state index contributed by atoms with van der Waals surface area (Å²) in [5, 5.41) is 10.6. The lowest BCUT2D eigenvalue weighted by Gasteiger charge is -2.13. The number of nitro groups is 1. The molecule has 150 valence electrons. The lowest BCUT2D eigenvalue weighted by atomic mass is 10.1. The third kappa shape index (κ3) is 4.75. The number of amides is 2. The first-order chi connectivity index (χ1) is 13.9. The van der Waals surface area contributed by atoms with Gasteiger partial charge in [-0.05, 0) is 48.5 Å². The first kappa shape index (κ1) is 20.4. The Morgan fingerprint density at radius 2 is 2.00 bits per heavy atom. The molecule has 8 nitrogen and oxygen atoms in total. The Balaban J connectivity index is 1.73. The van der Waals surface area contributed by atoms with Crippen LogP contribution in [0.4, 0.5) is 10.5 Å². The molecule has 0 spiro atoms. The molecule has 0 aliphatic carbocycles. The number of ether oxygens (including phenoxy) is 2. The number of non-ortho nitro benzene ring substituents is 1.